The highest BCUT2D eigenvalue weighted by molar-refractivity contribution is 5.92. The molecule has 0 aliphatic carbocycles. The zero-order valence-electron chi connectivity index (χ0n) is 16.4. The molecule has 27 heavy (non-hydrogen) atoms. The normalized spacial score (nSPS) is 10.6. The molecule has 0 aromatic heterocycles. The van der Waals surface area contributed by atoms with Crippen LogP contribution in [0.15, 0.2) is 54.6 Å². The lowest BCUT2D eigenvalue weighted by Crippen LogP contribution is -2.28. The smallest absolute Gasteiger partial charge is 0.238 e. The van der Waals surface area contributed by atoms with Crippen LogP contribution in [-0.4, -0.2) is 25.6 Å². The van der Waals surface area contributed by atoms with Gasteiger partial charge in [0.25, 0.3) is 0 Å². The highest BCUT2D eigenvalue weighted by Gasteiger charge is 2.03. The van der Waals surface area contributed by atoms with Crippen LogP contribution in [0.3, 0.4) is 0 Å². The Labute approximate surface area is 163 Å². The Morgan fingerprint density at radius 1 is 0.963 bits per heavy atom. The zero-order valence-corrected chi connectivity index (χ0v) is 16.4. The van der Waals surface area contributed by atoms with Crippen LogP contribution in [0.4, 0.5) is 5.69 Å². The summed E-state index contributed by atoms with van der Waals surface area (Å²) in [6, 6.07) is 17.8. The number of nitrogens with one attached hydrogen (secondary N) is 2. The molecule has 0 aliphatic rings. The number of ether oxygens (including phenoxy) is 1. The Kier molecular flexibility index (Phi) is 10.0. The molecule has 146 valence electrons. The van der Waals surface area contributed by atoms with E-state index in [9.17, 15) is 4.79 Å². The molecule has 4 nitrogen and oxygen atoms in total. The van der Waals surface area contributed by atoms with Crippen LogP contribution in [0.25, 0.3) is 0 Å². The molecule has 0 atom stereocenters. The van der Waals surface area contributed by atoms with Crippen molar-refractivity contribution in [3.63, 3.8) is 0 Å². The van der Waals surface area contributed by atoms with Crippen LogP contribution in [0.2, 0.25) is 0 Å². The van der Waals surface area contributed by atoms with Gasteiger partial charge in [0.05, 0.1) is 13.2 Å². The summed E-state index contributed by atoms with van der Waals surface area (Å²) in [5.41, 5.74) is 2.02. The molecule has 4 heteroatoms. The number of amides is 1. The van der Waals surface area contributed by atoms with Gasteiger partial charge >= 0.3 is 0 Å². The topological polar surface area (TPSA) is 50.4 Å². The Morgan fingerprint density at radius 3 is 2.59 bits per heavy atom. The van der Waals surface area contributed by atoms with E-state index < -0.39 is 0 Å². The molecule has 0 spiro atoms. The minimum Gasteiger partial charge on any atom is -0.493 e. The summed E-state index contributed by atoms with van der Waals surface area (Å²) >= 11 is 0. The van der Waals surface area contributed by atoms with Crippen molar-refractivity contribution in [2.75, 3.05) is 25.0 Å². The Morgan fingerprint density at radius 2 is 1.78 bits per heavy atom. The molecule has 0 heterocycles. The van der Waals surface area contributed by atoms with Gasteiger partial charge in [0.2, 0.25) is 5.91 Å². The SMILES string of the molecule is CCCCCCCNCC(=O)Nc1cccc(OCCc2ccccc2)c1. The number of rotatable bonds is 13. The van der Waals surface area contributed by atoms with Crippen molar-refractivity contribution in [3.8, 4) is 5.75 Å². The maximum atomic E-state index is 12.0. The number of carbonyl (C=O) groups is 1. The molecule has 2 aromatic carbocycles. The van der Waals surface area contributed by atoms with E-state index in [4.69, 9.17) is 4.74 Å². The van der Waals surface area contributed by atoms with E-state index >= 15 is 0 Å². The van der Waals surface area contributed by atoms with Crippen LogP contribution in [0.5, 0.6) is 5.75 Å². The number of benzene rings is 2. The molecule has 0 saturated carbocycles. The van der Waals surface area contributed by atoms with Gasteiger partial charge in [-0.3, -0.25) is 4.79 Å². The van der Waals surface area contributed by atoms with Crippen LogP contribution in [0, 0.1) is 0 Å². The fourth-order valence-corrected chi connectivity index (χ4v) is 2.86. The molecule has 0 bridgehead atoms. The van der Waals surface area contributed by atoms with E-state index in [1.807, 2.05) is 42.5 Å². The third-order valence-corrected chi connectivity index (χ3v) is 4.36. The minimum atomic E-state index is -0.0232. The molecule has 0 radical (unpaired) electrons. The maximum absolute atomic E-state index is 12.0. The van der Waals surface area contributed by atoms with E-state index in [1.54, 1.807) is 0 Å². The van der Waals surface area contributed by atoms with Crippen molar-refractivity contribution in [3.05, 3.63) is 60.2 Å². The summed E-state index contributed by atoms with van der Waals surface area (Å²) in [4.78, 5) is 12.0. The van der Waals surface area contributed by atoms with Gasteiger partial charge in [-0.15, -0.1) is 0 Å². The first-order chi connectivity index (χ1) is 13.3. The van der Waals surface area contributed by atoms with Crippen molar-refractivity contribution in [2.45, 2.75) is 45.4 Å². The third kappa shape index (κ3) is 9.25. The molecule has 0 aliphatic heterocycles. The highest BCUT2D eigenvalue weighted by Crippen LogP contribution is 2.17. The summed E-state index contributed by atoms with van der Waals surface area (Å²) in [5.74, 6) is 0.748. The van der Waals surface area contributed by atoms with Gasteiger partial charge in [0, 0.05) is 18.2 Å². The molecule has 0 unspecified atom stereocenters. The first-order valence-corrected chi connectivity index (χ1v) is 10.1. The second kappa shape index (κ2) is 12.9. The minimum absolute atomic E-state index is 0.0232. The van der Waals surface area contributed by atoms with Crippen LogP contribution < -0.4 is 15.4 Å². The predicted molar refractivity (Wildman–Crippen MR) is 112 cm³/mol. The third-order valence-electron chi connectivity index (χ3n) is 4.36. The summed E-state index contributed by atoms with van der Waals surface area (Å²) < 4.78 is 5.81. The van der Waals surface area contributed by atoms with Gasteiger partial charge in [0.1, 0.15) is 5.75 Å². The fraction of sp³-hybridized carbons (Fsp3) is 0.435. The second-order valence-corrected chi connectivity index (χ2v) is 6.75. The van der Waals surface area contributed by atoms with Crippen molar-refractivity contribution < 1.29 is 9.53 Å². The standard InChI is InChI=1S/C23H32N2O2/c1-2-3-4-5-9-16-24-19-23(26)25-21-13-10-14-22(18-21)27-17-15-20-11-7-6-8-12-20/h6-8,10-14,18,24H,2-5,9,15-17,19H2,1H3,(H,25,26). The van der Waals surface area contributed by atoms with Crippen LogP contribution in [-0.2, 0) is 11.2 Å². The Balaban J connectivity index is 1.64. The van der Waals surface area contributed by atoms with Gasteiger partial charge in [-0.05, 0) is 30.7 Å². The number of carbonyl (C=O) groups excluding carboxylic acids is 1. The quantitative estimate of drug-likeness (QED) is 0.499. The van der Waals surface area contributed by atoms with Gasteiger partial charge in [0.15, 0.2) is 0 Å². The molecule has 1 amide bonds. The maximum Gasteiger partial charge on any atom is 0.238 e. The molecule has 2 aromatic rings. The Bertz CT molecular complexity index is 658. The average Bonchev–Trinajstić information content (AvgIpc) is 2.68. The van der Waals surface area contributed by atoms with Crippen LogP contribution >= 0.6 is 0 Å². The zero-order chi connectivity index (χ0) is 19.2. The van der Waals surface area contributed by atoms with Crippen molar-refractivity contribution in [1.29, 1.82) is 0 Å². The monoisotopic (exact) mass is 368 g/mol. The van der Waals surface area contributed by atoms with Crippen molar-refractivity contribution >= 4 is 11.6 Å². The largest absolute Gasteiger partial charge is 0.493 e. The molecular weight excluding hydrogens is 336 g/mol. The van der Waals surface area contributed by atoms with E-state index in [2.05, 4.69) is 29.7 Å². The van der Waals surface area contributed by atoms with Crippen LogP contribution in [0.1, 0.15) is 44.6 Å². The fourth-order valence-electron chi connectivity index (χ4n) is 2.86. The summed E-state index contributed by atoms with van der Waals surface area (Å²) in [6.45, 7) is 4.06. The molecule has 0 fully saturated rings. The first-order valence-electron chi connectivity index (χ1n) is 10.1. The van der Waals surface area contributed by atoms with E-state index in [0.29, 0.717) is 13.2 Å². The lowest BCUT2D eigenvalue weighted by Gasteiger charge is -2.10. The number of unbranched alkanes of at least 4 members (excludes halogenated alkanes) is 4. The molecule has 2 N–H and O–H groups in total. The van der Waals surface area contributed by atoms with E-state index in [0.717, 1.165) is 30.8 Å². The lowest BCUT2D eigenvalue weighted by atomic mass is 10.1. The molecule has 2 rings (SSSR count). The molecule has 0 saturated heterocycles. The van der Waals surface area contributed by atoms with E-state index in [1.165, 1.54) is 31.2 Å². The first kappa shape index (κ1) is 21.0. The van der Waals surface area contributed by atoms with Gasteiger partial charge in [-0.2, -0.15) is 0 Å². The average molecular weight is 369 g/mol. The van der Waals surface area contributed by atoms with Gasteiger partial charge < -0.3 is 15.4 Å². The number of hydrogen-bond donors (Lipinski definition) is 2. The van der Waals surface area contributed by atoms with Gasteiger partial charge in [-0.25, -0.2) is 0 Å². The predicted octanol–water partition coefficient (Wildman–Crippen LogP) is 4.81. The molecular formula is C23H32N2O2. The van der Waals surface area contributed by atoms with Crippen molar-refractivity contribution in [2.24, 2.45) is 0 Å². The van der Waals surface area contributed by atoms with Gasteiger partial charge in [-0.1, -0.05) is 69.0 Å². The summed E-state index contributed by atoms with van der Waals surface area (Å²) in [6.07, 6.45) is 7.04. The van der Waals surface area contributed by atoms with E-state index in [-0.39, 0.29) is 5.91 Å². The van der Waals surface area contributed by atoms with Crippen molar-refractivity contribution in [1.82, 2.24) is 5.32 Å². The lowest BCUT2D eigenvalue weighted by molar-refractivity contribution is -0.115. The second-order valence-electron chi connectivity index (χ2n) is 6.75. The Hall–Kier alpha value is -2.33. The summed E-state index contributed by atoms with van der Waals surface area (Å²) in [5, 5.41) is 6.13. The number of hydrogen-bond acceptors (Lipinski definition) is 3. The highest BCUT2D eigenvalue weighted by atomic mass is 16.5. The summed E-state index contributed by atoms with van der Waals surface area (Å²) in [7, 11) is 0. The number of anilines is 1.